The first-order valence-corrected chi connectivity index (χ1v) is 7.12. The van der Waals surface area contributed by atoms with Gasteiger partial charge >= 0.3 is 0 Å². The summed E-state index contributed by atoms with van der Waals surface area (Å²) in [5.41, 5.74) is 0.879. The van der Waals surface area contributed by atoms with Gasteiger partial charge in [0, 0.05) is 0 Å². The molecule has 1 unspecified atom stereocenters. The number of rotatable bonds is 5. The van der Waals surface area contributed by atoms with E-state index in [1.807, 2.05) is 13.8 Å². The molecule has 98 valence electrons. The molecule has 1 rings (SSSR count). The van der Waals surface area contributed by atoms with Crippen LogP contribution in [0, 0.1) is 5.92 Å². The monoisotopic (exact) mass is 238 g/mol. The van der Waals surface area contributed by atoms with E-state index in [2.05, 4.69) is 6.08 Å². The van der Waals surface area contributed by atoms with Crippen molar-refractivity contribution in [2.75, 3.05) is 0 Å². The number of hydrogen-bond donors (Lipinski definition) is 1. The zero-order valence-corrected chi connectivity index (χ0v) is 11.2. The largest absolute Gasteiger partial charge is 0.385 e. The Morgan fingerprint density at radius 1 is 1.24 bits per heavy atom. The summed E-state index contributed by atoms with van der Waals surface area (Å²) >= 11 is 0. The maximum Gasteiger partial charge on any atom is 0.187 e. The highest BCUT2D eigenvalue weighted by atomic mass is 16.3. The van der Waals surface area contributed by atoms with E-state index in [-0.39, 0.29) is 11.7 Å². The summed E-state index contributed by atoms with van der Waals surface area (Å²) in [5, 5.41) is 10.1. The number of Topliss-reactive ketones (excluding diaryl/α,β-unsaturated/α-hetero) is 1. The van der Waals surface area contributed by atoms with Crippen molar-refractivity contribution in [1.82, 2.24) is 0 Å². The maximum absolute atomic E-state index is 12.2. The molecule has 0 fully saturated rings. The summed E-state index contributed by atoms with van der Waals surface area (Å²) < 4.78 is 0. The van der Waals surface area contributed by atoms with Crippen LogP contribution in [-0.2, 0) is 4.79 Å². The van der Waals surface area contributed by atoms with Crippen LogP contribution in [0.4, 0.5) is 0 Å². The molecule has 0 aromatic carbocycles. The first-order valence-electron chi connectivity index (χ1n) is 7.12. The van der Waals surface area contributed by atoms with E-state index in [0.29, 0.717) is 0 Å². The van der Waals surface area contributed by atoms with Crippen LogP contribution >= 0.6 is 0 Å². The minimum Gasteiger partial charge on any atom is -0.385 e. The van der Waals surface area contributed by atoms with Gasteiger partial charge < -0.3 is 5.11 Å². The standard InChI is InChI=1S/C15H26O2/c1-3-12(4-2)14(16)15(17)13-10-8-6-5-7-9-11-13/h10,12,14,16H,3-9,11H2,1-2H3. The molecule has 0 radical (unpaired) electrons. The molecule has 0 aromatic rings. The first-order chi connectivity index (χ1) is 8.20. The number of carbonyl (C=O) groups excluding carboxylic acids is 1. The van der Waals surface area contributed by atoms with E-state index in [0.717, 1.165) is 37.7 Å². The molecular weight excluding hydrogens is 212 g/mol. The Kier molecular flexibility index (Phi) is 6.49. The van der Waals surface area contributed by atoms with Crippen molar-refractivity contribution in [2.24, 2.45) is 5.92 Å². The Labute approximate surface area is 105 Å². The molecule has 0 bridgehead atoms. The van der Waals surface area contributed by atoms with Crippen molar-refractivity contribution >= 4 is 5.78 Å². The predicted octanol–water partition coefficient (Wildman–Crippen LogP) is 3.63. The lowest BCUT2D eigenvalue weighted by Gasteiger charge is -2.21. The Bertz CT molecular complexity index is 264. The van der Waals surface area contributed by atoms with Gasteiger partial charge in [-0.15, -0.1) is 0 Å². The highest BCUT2D eigenvalue weighted by Gasteiger charge is 2.25. The second-order valence-electron chi connectivity index (χ2n) is 5.07. The number of ketones is 1. The number of hydrogen-bond acceptors (Lipinski definition) is 2. The van der Waals surface area contributed by atoms with Gasteiger partial charge in [0.25, 0.3) is 0 Å². The Balaban J connectivity index is 2.65. The topological polar surface area (TPSA) is 37.3 Å². The summed E-state index contributed by atoms with van der Waals surface area (Å²) in [7, 11) is 0. The third-order valence-electron chi connectivity index (χ3n) is 3.87. The number of allylic oxidation sites excluding steroid dienone is 1. The number of aliphatic hydroxyl groups excluding tert-OH is 1. The van der Waals surface area contributed by atoms with Crippen LogP contribution in [0.25, 0.3) is 0 Å². The van der Waals surface area contributed by atoms with Crippen molar-refractivity contribution < 1.29 is 9.90 Å². The lowest BCUT2D eigenvalue weighted by atomic mass is 9.87. The first kappa shape index (κ1) is 14.4. The normalized spacial score (nSPS) is 19.4. The summed E-state index contributed by atoms with van der Waals surface area (Å²) in [6, 6.07) is 0. The van der Waals surface area contributed by atoms with Crippen LogP contribution < -0.4 is 0 Å². The predicted molar refractivity (Wildman–Crippen MR) is 70.9 cm³/mol. The van der Waals surface area contributed by atoms with Crippen molar-refractivity contribution in [3.8, 4) is 0 Å². The zero-order chi connectivity index (χ0) is 12.7. The van der Waals surface area contributed by atoms with Crippen molar-refractivity contribution in [3.63, 3.8) is 0 Å². The van der Waals surface area contributed by atoms with Gasteiger partial charge in [0.2, 0.25) is 0 Å². The van der Waals surface area contributed by atoms with Crippen LogP contribution in [0.5, 0.6) is 0 Å². The van der Waals surface area contributed by atoms with Crippen molar-refractivity contribution in [2.45, 2.75) is 71.3 Å². The third kappa shape index (κ3) is 4.27. The van der Waals surface area contributed by atoms with Gasteiger partial charge in [-0.2, -0.15) is 0 Å². The number of aliphatic hydroxyl groups is 1. The van der Waals surface area contributed by atoms with Crippen molar-refractivity contribution in [1.29, 1.82) is 0 Å². The smallest absolute Gasteiger partial charge is 0.187 e. The Morgan fingerprint density at radius 3 is 2.53 bits per heavy atom. The van der Waals surface area contributed by atoms with E-state index in [9.17, 15) is 9.90 Å². The Hall–Kier alpha value is -0.630. The highest BCUT2D eigenvalue weighted by Crippen LogP contribution is 2.22. The molecule has 2 nitrogen and oxygen atoms in total. The van der Waals surface area contributed by atoms with Crippen LogP contribution in [0.1, 0.15) is 65.2 Å². The lowest BCUT2D eigenvalue weighted by molar-refractivity contribution is -0.126. The fourth-order valence-electron chi connectivity index (χ4n) is 2.55. The Morgan fingerprint density at radius 2 is 1.88 bits per heavy atom. The SMILES string of the molecule is CCC(CC)C(O)C(=O)C1=CCCCCCC1. The van der Waals surface area contributed by atoms with Gasteiger partial charge in [-0.25, -0.2) is 0 Å². The van der Waals surface area contributed by atoms with Gasteiger partial charge in [-0.3, -0.25) is 4.79 Å². The van der Waals surface area contributed by atoms with Crippen LogP contribution in [0.2, 0.25) is 0 Å². The van der Waals surface area contributed by atoms with Gasteiger partial charge in [-0.1, -0.05) is 45.6 Å². The van der Waals surface area contributed by atoms with Crippen LogP contribution in [0.15, 0.2) is 11.6 Å². The molecule has 0 saturated carbocycles. The fraction of sp³-hybridized carbons (Fsp3) is 0.800. The molecule has 0 saturated heterocycles. The molecule has 0 spiro atoms. The van der Waals surface area contributed by atoms with E-state index >= 15 is 0 Å². The fourth-order valence-corrected chi connectivity index (χ4v) is 2.55. The third-order valence-corrected chi connectivity index (χ3v) is 3.87. The molecule has 2 heteroatoms. The summed E-state index contributed by atoms with van der Waals surface area (Å²) in [6.45, 7) is 4.08. The zero-order valence-electron chi connectivity index (χ0n) is 11.2. The van der Waals surface area contributed by atoms with Gasteiger partial charge in [-0.05, 0) is 37.2 Å². The molecule has 1 aliphatic rings. The second kappa shape index (κ2) is 7.65. The van der Waals surface area contributed by atoms with Crippen LogP contribution in [0.3, 0.4) is 0 Å². The average molecular weight is 238 g/mol. The minimum absolute atomic E-state index is 0.0133. The van der Waals surface area contributed by atoms with Gasteiger partial charge in [0.05, 0.1) is 0 Å². The quantitative estimate of drug-likeness (QED) is 0.794. The van der Waals surface area contributed by atoms with E-state index in [4.69, 9.17) is 0 Å². The molecule has 17 heavy (non-hydrogen) atoms. The van der Waals surface area contributed by atoms with E-state index in [1.54, 1.807) is 0 Å². The van der Waals surface area contributed by atoms with Crippen molar-refractivity contribution in [3.05, 3.63) is 11.6 Å². The molecule has 1 atom stereocenters. The molecule has 0 amide bonds. The molecule has 0 aromatic heterocycles. The van der Waals surface area contributed by atoms with Gasteiger partial charge in [0.1, 0.15) is 6.10 Å². The van der Waals surface area contributed by atoms with E-state index in [1.165, 1.54) is 19.3 Å². The van der Waals surface area contributed by atoms with Crippen LogP contribution in [-0.4, -0.2) is 17.0 Å². The molecular formula is C15H26O2. The second-order valence-corrected chi connectivity index (χ2v) is 5.07. The molecule has 1 N–H and O–H groups in total. The summed E-state index contributed by atoms with van der Waals surface area (Å²) in [5.74, 6) is 0.106. The lowest BCUT2D eigenvalue weighted by Crippen LogP contribution is -2.30. The molecule has 1 aliphatic carbocycles. The highest BCUT2D eigenvalue weighted by molar-refractivity contribution is 5.98. The minimum atomic E-state index is -0.782. The summed E-state index contributed by atoms with van der Waals surface area (Å²) in [6.07, 6.45) is 9.63. The average Bonchev–Trinajstić information content (AvgIpc) is 2.29. The number of carbonyl (C=O) groups is 1. The maximum atomic E-state index is 12.2. The summed E-state index contributed by atoms with van der Waals surface area (Å²) in [4.78, 5) is 12.2. The van der Waals surface area contributed by atoms with Gasteiger partial charge in [0.15, 0.2) is 5.78 Å². The van der Waals surface area contributed by atoms with E-state index < -0.39 is 6.10 Å². The molecule has 0 aliphatic heterocycles. The molecule has 0 heterocycles.